The minimum atomic E-state index is -0.210. The van der Waals surface area contributed by atoms with Gasteiger partial charge in [-0.05, 0) is 50.3 Å². The van der Waals surface area contributed by atoms with Gasteiger partial charge in [-0.3, -0.25) is 10.1 Å². The highest BCUT2D eigenvalue weighted by molar-refractivity contribution is 6.04. The summed E-state index contributed by atoms with van der Waals surface area (Å²) in [4.78, 5) is 12.4. The predicted octanol–water partition coefficient (Wildman–Crippen LogP) is 3.45. The average Bonchev–Trinajstić information content (AvgIpc) is 2.90. The molecule has 0 saturated carbocycles. The third-order valence-corrected chi connectivity index (χ3v) is 3.93. The first-order valence-electron chi connectivity index (χ1n) is 7.69. The van der Waals surface area contributed by atoms with Crippen LogP contribution in [0.15, 0.2) is 28.8 Å². The van der Waals surface area contributed by atoms with Crippen LogP contribution in [0.1, 0.15) is 41.9 Å². The molecule has 0 saturated heterocycles. The number of carbonyl (C=O) groups is 1. The highest BCUT2D eigenvalue weighted by atomic mass is 16.5. The topological polar surface area (TPSA) is 64.4 Å². The Morgan fingerprint density at radius 3 is 3.18 bits per heavy atom. The molecule has 0 aliphatic heterocycles. The Morgan fingerprint density at radius 1 is 1.50 bits per heavy atom. The zero-order valence-electron chi connectivity index (χ0n) is 12.9. The Bertz CT molecular complexity index is 678. The lowest BCUT2D eigenvalue weighted by Gasteiger charge is -2.16. The van der Waals surface area contributed by atoms with Crippen molar-refractivity contribution >= 4 is 11.8 Å². The van der Waals surface area contributed by atoms with Crippen molar-refractivity contribution in [3.8, 4) is 5.75 Å². The summed E-state index contributed by atoms with van der Waals surface area (Å²) in [5, 5.41) is 6.90. The number of hydrogen-bond donors (Lipinski definition) is 1. The van der Waals surface area contributed by atoms with Crippen molar-refractivity contribution in [2.75, 3.05) is 11.9 Å². The van der Waals surface area contributed by atoms with E-state index in [1.165, 1.54) is 0 Å². The number of amides is 1. The van der Waals surface area contributed by atoms with Crippen molar-refractivity contribution in [3.63, 3.8) is 0 Å². The van der Waals surface area contributed by atoms with Crippen LogP contribution < -0.4 is 10.1 Å². The Hall–Kier alpha value is -2.30. The summed E-state index contributed by atoms with van der Waals surface area (Å²) in [5.74, 6) is 1.54. The third kappa shape index (κ3) is 2.98. The number of ether oxygens (including phenoxy) is 1. The van der Waals surface area contributed by atoms with E-state index in [1.807, 2.05) is 13.0 Å². The van der Waals surface area contributed by atoms with Crippen LogP contribution in [0, 0.1) is 5.92 Å². The Morgan fingerprint density at radius 2 is 2.36 bits per heavy atom. The number of hydrogen-bond acceptors (Lipinski definition) is 4. The molecule has 1 aliphatic rings. The van der Waals surface area contributed by atoms with Gasteiger partial charge in [-0.1, -0.05) is 18.1 Å². The van der Waals surface area contributed by atoms with E-state index in [2.05, 4.69) is 17.4 Å². The molecule has 0 unspecified atom stereocenters. The van der Waals surface area contributed by atoms with Crippen molar-refractivity contribution in [1.29, 1.82) is 0 Å². The van der Waals surface area contributed by atoms with Crippen LogP contribution in [0.2, 0.25) is 0 Å². The van der Waals surface area contributed by atoms with Gasteiger partial charge in [0.2, 0.25) is 5.88 Å². The highest BCUT2D eigenvalue weighted by Crippen LogP contribution is 2.30. The van der Waals surface area contributed by atoms with Crippen molar-refractivity contribution < 1.29 is 14.1 Å². The molecule has 0 bridgehead atoms. The van der Waals surface area contributed by atoms with Gasteiger partial charge in [0.25, 0.3) is 5.91 Å². The smallest absolute Gasteiger partial charge is 0.258 e. The molecule has 0 fully saturated rings. The number of carbonyl (C=O) groups excluding carboxylic acids is 1. The fourth-order valence-electron chi connectivity index (χ4n) is 2.75. The summed E-state index contributed by atoms with van der Waals surface area (Å²) in [6.07, 6.45) is 2.92. The Labute approximate surface area is 129 Å². The molecule has 2 aromatic rings. The average molecular weight is 300 g/mol. The molecule has 22 heavy (non-hydrogen) atoms. The number of benzene rings is 1. The van der Waals surface area contributed by atoms with Gasteiger partial charge in [-0.15, -0.1) is 0 Å². The lowest BCUT2D eigenvalue weighted by atomic mass is 9.89. The molecule has 0 radical (unpaired) electrons. The Balaban J connectivity index is 1.77. The molecule has 5 nitrogen and oxygen atoms in total. The highest BCUT2D eigenvalue weighted by Gasteiger charge is 2.24. The molecule has 1 aromatic carbocycles. The number of aryl methyl sites for hydroxylation is 1. The fourth-order valence-corrected chi connectivity index (χ4v) is 2.75. The second-order valence-electron chi connectivity index (χ2n) is 5.70. The van der Waals surface area contributed by atoms with E-state index >= 15 is 0 Å². The molecule has 1 aromatic heterocycles. The van der Waals surface area contributed by atoms with Crippen LogP contribution in [-0.4, -0.2) is 17.7 Å². The number of fused-ring (bicyclic) bond motifs is 1. The number of nitrogens with one attached hydrogen (secondary N) is 1. The zero-order chi connectivity index (χ0) is 15.5. The van der Waals surface area contributed by atoms with Gasteiger partial charge < -0.3 is 9.26 Å². The quantitative estimate of drug-likeness (QED) is 0.939. The molecule has 5 heteroatoms. The molecule has 1 atom stereocenters. The molecule has 1 N–H and O–H groups in total. The standard InChI is InChI=1S/C17H20N2O3/c1-3-21-13-6-4-5-12(10-13)16(20)18-17-14-9-11(2)7-8-15(14)19-22-17/h4-6,10-11H,3,7-9H2,1-2H3,(H,18,20)/t11-/m0/s1. The third-order valence-electron chi connectivity index (χ3n) is 3.93. The molecule has 3 rings (SSSR count). The Kier molecular flexibility index (Phi) is 4.13. The van der Waals surface area contributed by atoms with E-state index < -0.39 is 0 Å². The molecule has 116 valence electrons. The summed E-state index contributed by atoms with van der Waals surface area (Å²) in [6.45, 7) is 4.68. The van der Waals surface area contributed by atoms with Crippen LogP contribution in [0.3, 0.4) is 0 Å². The fraction of sp³-hybridized carbons (Fsp3) is 0.412. The summed E-state index contributed by atoms with van der Waals surface area (Å²) in [7, 11) is 0. The monoisotopic (exact) mass is 300 g/mol. The van der Waals surface area contributed by atoms with Gasteiger partial charge in [0, 0.05) is 11.1 Å². The van der Waals surface area contributed by atoms with Crippen molar-refractivity contribution in [2.45, 2.75) is 33.1 Å². The van der Waals surface area contributed by atoms with Gasteiger partial charge >= 0.3 is 0 Å². The molecule has 1 amide bonds. The molecular weight excluding hydrogens is 280 g/mol. The SMILES string of the molecule is CCOc1cccc(C(=O)Nc2onc3c2C[C@@H](C)CC3)c1. The largest absolute Gasteiger partial charge is 0.494 e. The van der Waals surface area contributed by atoms with Gasteiger partial charge in [-0.25, -0.2) is 0 Å². The first-order chi connectivity index (χ1) is 10.7. The van der Waals surface area contributed by atoms with Crippen molar-refractivity contribution in [2.24, 2.45) is 5.92 Å². The van der Waals surface area contributed by atoms with E-state index in [4.69, 9.17) is 9.26 Å². The number of rotatable bonds is 4. The van der Waals surface area contributed by atoms with E-state index in [0.717, 1.165) is 30.5 Å². The maximum Gasteiger partial charge on any atom is 0.258 e. The van der Waals surface area contributed by atoms with Crippen LogP contribution in [0.25, 0.3) is 0 Å². The second-order valence-corrected chi connectivity index (χ2v) is 5.70. The van der Waals surface area contributed by atoms with Crippen LogP contribution >= 0.6 is 0 Å². The maximum absolute atomic E-state index is 12.4. The minimum Gasteiger partial charge on any atom is -0.494 e. The summed E-state index contributed by atoms with van der Waals surface area (Å²) >= 11 is 0. The summed E-state index contributed by atoms with van der Waals surface area (Å²) in [5.41, 5.74) is 2.55. The maximum atomic E-state index is 12.4. The van der Waals surface area contributed by atoms with E-state index in [9.17, 15) is 4.79 Å². The van der Waals surface area contributed by atoms with Crippen LogP contribution in [0.4, 0.5) is 5.88 Å². The summed E-state index contributed by atoms with van der Waals surface area (Å²) < 4.78 is 10.7. The molecular formula is C17H20N2O3. The molecule has 0 spiro atoms. The summed E-state index contributed by atoms with van der Waals surface area (Å²) in [6, 6.07) is 7.11. The lowest BCUT2D eigenvalue weighted by Crippen LogP contribution is -2.15. The van der Waals surface area contributed by atoms with Crippen LogP contribution in [-0.2, 0) is 12.8 Å². The van der Waals surface area contributed by atoms with Gasteiger partial charge in [-0.2, -0.15) is 0 Å². The van der Waals surface area contributed by atoms with Gasteiger partial charge in [0.15, 0.2) is 0 Å². The first kappa shape index (κ1) is 14.6. The van der Waals surface area contributed by atoms with Gasteiger partial charge in [0.1, 0.15) is 5.75 Å². The number of nitrogens with zero attached hydrogens (tertiary/aromatic N) is 1. The number of aromatic nitrogens is 1. The van der Waals surface area contributed by atoms with E-state index in [-0.39, 0.29) is 5.91 Å². The first-order valence-corrected chi connectivity index (χ1v) is 7.69. The normalized spacial score (nSPS) is 16.9. The van der Waals surface area contributed by atoms with E-state index in [1.54, 1.807) is 18.2 Å². The number of anilines is 1. The van der Waals surface area contributed by atoms with Crippen molar-refractivity contribution in [1.82, 2.24) is 5.16 Å². The minimum absolute atomic E-state index is 0.210. The van der Waals surface area contributed by atoms with Crippen LogP contribution in [0.5, 0.6) is 5.75 Å². The predicted molar refractivity (Wildman–Crippen MR) is 83.3 cm³/mol. The molecule has 1 aliphatic carbocycles. The van der Waals surface area contributed by atoms with Gasteiger partial charge in [0.05, 0.1) is 12.3 Å². The lowest BCUT2D eigenvalue weighted by molar-refractivity contribution is 0.102. The van der Waals surface area contributed by atoms with Crippen molar-refractivity contribution in [3.05, 3.63) is 41.1 Å². The zero-order valence-corrected chi connectivity index (χ0v) is 12.9. The second kappa shape index (κ2) is 6.22. The molecule has 1 heterocycles. The van der Waals surface area contributed by atoms with E-state index in [0.29, 0.717) is 29.7 Å².